The van der Waals surface area contributed by atoms with Crippen molar-refractivity contribution >= 4 is 33.6 Å². The van der Waals surface area contributed by atoms with Gasteiger partial charge in [0.2, 0.25) is 10.0 Å². The molecule has 46 heavy (non-hydrogen) atoms. The van der Waals surface area contributed by atoms with E-state index >= 15 is 0 Å². The van der Waals surface area contributed by atoms with Gasteiger partial charge < -0.3 is 14.8 Å². The number of sulfonamides is 1. The number of urea groups is 1. The number of rotatable bonds is 11. The van der Waals surface area contributed by atoms with Gasteiger partial charge in [0.05, 0.1) is 23.1 Å². The van der Waals surface area contributed by atoms with Gasteiger partial charge in [-0.1, -0.05) is 48.0 Å². The highest BCUT2D eigenvalue weighted by molar-refractivity contribution is 7.89. The van der Waals surface area contributed by atoms with E-state index in [2.05, 4.69) is 11.9 Å². The number of ether oxygens (including phenoxy) is 2. The zero-order chi connectivity index (χ0) is 32.8. The molecular formula is C34H37ClN4O6S. The molecule has 0 saturated carbocycles. The summed E-state index contributed by atoms with van der Waals surface area (Å²) in [6.45, 7) is 8.89. The Morgan fingerprint density at radius 2 is 1.76 bits per heavy atom. The number of hydrogen-bond acceptors (Lipinski definition) is 7. The standard InChI is InChI=1S/C34H37ClN4O6S/c1-4-18-38-30(23-37-19-20-39(24(3)22-37)46(42,43)29-16-14-26(35)15-17-29)31(33(40)44-5-2)32(36-34(38)41)25-10-9-13-28(21-25)45-27-11-7-6-8-12-27/h4,6-17,21,24,32H,1,5,18-20,22-23H2,2-3H3,(H,36,41). The van der Waals surface area contributed by atoms with E-state index in [1.807, 2.05) is 48.2 Å². The smallest absolute Gasteiger partial charge is 0.338 e. The van der Waals surface area contributed by atoms with E-state index in [4.69, 9.17) is 21.1 Å². The monoisotopic (exact) mass is 664 g/mol. The van der Waals surface area contributed by atoms with E-state index < -0.39 is 22.0 Å². The molecule has 2 atom stereocenters. The Balaban J connectivity index is 1.47. The van der Waals surface area contributed by atoms with Crippen molar-refractivity contribution in [2.45, 2.75) is 30.8 Å². The molecule has 0 spiro atoms. The molecule has 5 rings (SSSR count). The topological polar surface area (TPSA) is 108 Å². The zero-order valence-corrected chi connectivity index (χ0v) is 27.3. The maximum absolute atomic E-state index is 13.7. The number of nitrogens with one attached hydrogen (secondary N) is 1. The minimum atomic E-state index is -3.75. The van der Waals surface area contributed by atoms with Crippen LogP contribution in [0.2, 0.25) is 5.02 Å². The van der Waals surface area contributed by atoms with E-state index in [0.717, 1.165) is 0 Å². The van der Waals surface area contributed by atoms with Crippen LogP contribution in [-0.4, -0.2) is 79.9 Å². The molecule has 2 aliphatic rings. The van der Waals surface area contributed by atoms with Gasteiger partial charge >= 0.3 is 12.0 Å². The van der Waals surface area contributed by atoms with Gasteiger partial charge in [-0.2, -0.15) is 4.31 Å². The molecule has 1 fully saturated rings. The highest BCUT2D eigenvalue weighted by Gasteiger charge is 2.40. The third-order valence-electron chi connectivity index (χ3n) is 7.86. The number of amides is 2. The van der Waals surface area contributed by atoms with E-state index in [9.17, 15) is 18.0 Å². The average Bonchev–Trinajstić information content (AvgIpc) is 3.03. The Bertz CT molecular complexity index is 1710. The van der Waals surface area contributed by atoms with Crippen LogP contribution in [0.4, 0.5) is 4.79 Å². The Labute approximate surface area is 274 Å². The van der Waals surface area contributed by atoms with Crippen LogP contribution in [0.25, 0.3) is 0 Å². The summed E-state index contributed by atoms with van der Waals surface area (Å²) < 4.78 is 40.0. The van der Waals surface area contributed by atoms with Gasteiger partial charge in [-0.3, -0.25) is 9.80 Å². The number of carbonyl (C=O) groups excluding carboxylic acids is 2. The van der Waals surface area contributed by atoms with Crippen LogP contribution < -0.4 is 10.1 Å². The maximum Gasteiger partial charge on any atom is 0.338 e. The first-order valence-corrected chi connectivity index (χ1v) is 16.9. The second kappa shape index (κ2) is 14.5. The van der Waals surface area contributed by atoms with Crippen LogP contribution in [0.1, 0.15) is 25.5 Å². The number of esters is 1. The Morgan fingerprint density at radius 1 is 1.04 bits per heavy atom. The highest BCUT2D eigenvalue weighted by atomic mass is 35.5. The predicted octanol–water partition coefficient (Wildman–Crippen LogP) is 5.60. The zero-order valence-electron chi connectivity index (χ0n) is 25.8. The van der Waals surface area contributed by atoms with Crippen LogP contribution in [0.15, 0.2) is 108 Å². The maximum atomic E-state index is 13.7. The lowest BCUT2D eigenvalue weighted by Gasteiger charge is -2.42. The van der Waals surface area contributed by atoms with Gasteiger partial charge in [-0.15, -0.1) is 6.58 Å². The fraction of sp³-hybridized carbons (Fsp3) is 0.294. The Kier molecular flexibility index (Phi) is 10.5. The molecule has 2 amide bonds. The van der Waals surface area contributed by atoms with E-state index in [1.165, 1.54) is 21.3 Å². The number of carbonyl (C=O) groups is 2. The molecule has 3 aromatic rings. The van der Waals surface area contributed by atoms with Gasteiger partial charge in [0.1, 0.15) is 11.5 Å². The number of hydrogen-bond donors (Lipinski definition) is 1. The van der Waals surface area contributed by atoms with E-state index in [-0.39, 0.29) is 43.2 Å². The number of halogens is 1. The van der Waals surface area contributed by atoms with Crippen molar-refractivity contribution < 1.29 is 27.5 Å². The molecule has 2 heterocycles. The molecule has 2 aliphatic heterocycles. The molecule has 0 aromatic heterocycles. The van der Waals surface area contributed by atoms with Crippen LogP contribution in [0.5, 0.6) is 11.5 Å². The van der Waals surface area contributed by atoms with Crippen LogP contribution in [0.3, 0.4) is 0 Å². The summed E-state index contributed by atoms with van der Waals surface area (Å²) >= 11 is 5.98. The second-order valence-corrected chi connectivity index (χ2v) is 13.3. The van der Waals surface area contributed by atoms with Gasteiger partial charge in [0, 0.05) is 49.5 Å². The summed E-state index contributed by atoms with van der Waals surface area (Å²) in [5, 5.41) is 3.44. The summed E-state index contributed by atoms with van der Waals surface area (Å²) in [5.41, 5.74) is 1.42. The van der Waals surface area contributed by atoms with Crippen molar-refractivity contribution in [3.63, 3.8) is 0 Å². The minimum Gasteiger partial charge on any atom is -0.463 e. The second-order valence-electron chi connectivity index (χ2n) is 11.0. The lowest BCUT2D eigenvalue weighted by Crippen LogP contribution is -2.56. The van der Waals surface area contributed by atoms with Gasteiger partial charge in [-0.25, -0.2) is 18.0 Å². The molecule has 1 saturated heterocycles. The molecule has 3 aromatic carbocycles. The fourth-order valence-corrected chi connectivity index (χ4v) is 7.49. The number of benzene rings is 3. The molecule has 0 bridgehead atoms. The van der Waals surface area contributed by atoms with Crippen LogP contribution >= 0.6 is 11.6 Å². The summed E-state index contributed by atoms with van der Waals surface area (Å²) in [7, 11) is -3.75. The first-order chi connectivity index (χ1) is 22.1. The van der Waals surface area contributed by atoms with Crippen molar-refractivity contribution in [2.75, 3.05) is 39.3 Å². The lowest BCUT2D eigenvalue weighted by molar-refractivity contribution is -0.139. The summed E-state index contributed by atoms with van der Waals surface area (Å²) in [4.78, 5) is 31.0. The molecule has 12 heteroatoms. The molecule has 0 radical (unpaired) electrons. The largest absolute Gasteiger partial charge is 0.463 e. The summed E-state index contributed by atoms with van der Waals surface area (Å²) in [6.07, 6.45) is 1.59. The van der Waals surface area contributed by atoms with Crippen molar-refractivity contribution in [3.8, 4) is 11.5 Å². The van der Waals surface area contributed by atoms with Crippen LogP contribution in [-0.2, 0) is 19.6 Å². The van der Waals surface area contributed by atoms with Crippen molar-refractivity contribution in [1.82, 2.24) is 19.4 Å². The SMILES string of the molecule is C=CCN1C(=O)NC(c2cccc(Oc3ccccc3)c2)C(C(=O)OCC)=C1CN1CCN(S(=O)(=O)c2ccc(Cl)cc2)C(C)C1. The molecule has 1 N–H and O–H groups in total. The molecule has 0 aliphatic carbocycles. The molecule has 2 unspecified atom stereocenters. The fourth-order valence-electron chi connectivity index (χ4n) is 5.75. The minimum absolute atomic E-state index is 0.146. The average molecular weight is 665 g/mol. The van der Waals surface area contributed by atoms with Gasteiger partial charge in [0.15, 0.2) is 0 Å². The van der Waals surface area contributed by atoms with Gasteiger partial charge in [-0.05, 0) is 67.9 Å². The predicted molar refractivity (Wildman–Crippen MR) is 176 cm³/mol. The van der Waals surface area contributed by atoms with Crippen molar-refractivity contribution in [1.29, 1.82) is 0 Å². The summed E-state index contributed by atoms with van der Waals surface area (Å²) in [6, 6.07) is 21.1. The Hall–Kier alpha value is -4.16. The summed E-state index contributed by atoms with van der Waals surface area (Å²) in [5.74, 6) is 0.642. The highest BCUT2D eigenvalue weighted by Crippen LogP contribution is 2.35. The third kappa shape index (κ3) is 7.28. The lowest BCUT2D eigenvalue weighted by atomic mass is 9.93. The Morgan fingerprint density at radius 3 is 2.43 bits per heavy atom. The number of para-hydroxylation sites is 1. The normalized spacial score (nSPS) is 19.5. The number of nitrogens with zero attached hydrogens (tertiary/aromatic N) is 3. The third-order valence-corrected chi connectivity index (χ3v) is 10.1. The molecular weight excluding hydrogens is 628 g/mol. The quantitative estimate of drug-likeness (QED) is 0.210. The first kappa shape index (κ1) is 33.2. The van der Waals surface area contributed by atoms with Crippen molar-refractivity contribution in [2.24, 2.45) is 0 Å². The van der Waals surface area contributed by atoms with E-state index in [1.54, 1.807) is 43.3 Å². The number of piperazine rings is 1. The first-order valence-electron chi connectivity index (χ1n) is 15.0. The van der Waals surface area contributed by atoms with Crippen molar-refractivity contribution in [3.05, 3.63) is 113 Å². The molecule has 10 nitrogen and oxygen atoms in total. The van der Waals surface area contributed by atoms with E-state index in [0.29, 0.717) is 46.4 Å². The van der Waals surface area contributed by atoms with Gasteiger partial charge in [0.25, 0.3) is 0 Å². The van der Waals surface area contributed by atoms with Crippen LogP contribution in [0, 0.1) is 0 Å². The molecule has 242 valence electrons.